The lowest BCUT2D eigenvalue weighted by Gasteiger charge is -2.12. The molecule has 0 amide bonds. The largest absolute Gasteiger partial charge is 0.492 e. The molecule has 0 spiro atoms. The minimum absolute atomic E-state index is 0.601. The van der Waals surface area contributed by atoms with Gasteiger partial charge in [-0.25, -0.2) is 4.98 Å². The second kappa shape index (κ2) is 5.57. The second-order valence-electron chi connectivity index (χ2n) is 5.03. The summed E-state index contributed by atoms with van der Waals surface area (Å²) in [4.78, 5) is 4.68. The Morgan fingerprint density at radius 1 is 1.09 bits per heavy atom. The van der Waals surface area contributed by atoms with Gasteiger partial charge in [-0.1, -0.05) is 24.3 Å². The molecule has 1 N–H and O–H groups in total. The Labute approximate surface area is 132 Å². The summed E-state index contributed by atoms with van der Waals surface area (Å²) < 4.78 is 7.58. The molecule has 0 saturated heterocycles. The summed E-state index contributed by atoms with van der Waals surface area (Å²) in [6.45, 7) is 2.56. The van der Waals surface area contributed by atoms with Gasteiger partial charge in [0.2, 0.25) is 5.65 Å². The van der Waals surface area contributed by atoms with Gasteiger partial charge in [-0.05, 0) is 31.2 Å². The van der Waals surface area contributed by atoms with Crippen molar-refractivity contribution >= 4 is 28.2 Å². The van der Waals surface area contributed by atoms with Crippen LogP contribution in [-0.2, 0) is 0 Å². The van der Waals surface area contributed by atoms with Crippen LogP contribution in [0.25, 0.3) is 16.7 Å². The van der Waals surface area contributed by atoms with Crippen molar-refractivity contribution in [3.63, 3.8) is 0 Å². The monoisotopic (exact) mass is 305 g/mol. The molecule has 0 unspecified atom stereocenters. The maximum absolute atomic E-state index is 5.66. The summed E-state index contributed by atoms with van der Waals surface area (Å²) in [6, 6.07) is 15.7. The van der Waals surface area contributed by atoms with E-state index in [-0.39, 0.29) is 0 Å². The molecular formula is C17H15N5O. The van der Waals surface area contributed by atoms with E-state index in [1.54, 1.807) is 6.33 Å². The number of rotatable bonds is 4. The van der Waals surface area contributed by atoms with E-state index in [2.05, 4.69) is 20.5 Å². The molecule has 6 heteroatoms. The molecule has 0 radical (unpaired) electrons. The molecule has 2 heterocycles. The molecule has 0 bridgehead atoms. The van der Waals surface area contributed by atoms with Crippen LogP contribution in [0.4, 0.5) is 11.5 Å². The SMILES string of the molecule is CCOc1ccccc1Nc1nc2ccccc2n2cnnc12. The van der Waals surface area contributed by atoms with Crippen molar-refractivity contribution in [3.8, 4) is 5.75 Å². The van der Waals surface area contributed by atoms with Crippen molar-refractivity contribution in [2.45, 2.75) is 6.92 Å². The van der Waals surface area contributed by atoms with E-state index in [4.69, 9.17) is 4.74 Å². The fourth-order valence-electron chi connectivity index (χ4n) is 2.57. The number of benzene rings is 2. The van der Waals surface area contributed by atoms with Crippen LogP contribution in [-0.4, -0.2) is 26.2 Å². The van der Waals surface area contributed by atoms with Gasteiger partial charge in [0.05, 0.1) is 23.3 Å². The summed E-state index contributed by atoms with van der Waals surface area (Å²) >= 11 is 0. The smallest absolute Gasteiger partial charge is 0.204 e. The zero-order valence-corrected chi connectivity index (χ0v) is 12.6. The first kappa shape index (κ1) is 13.5. The van der Waals surface area contributed by atoms with Crippen LogP contribution in [0.1, 0.15) is 6.92 Å². The Morgan fingerprint density at radius 3 is 2.83 bits per heavy atom. The summed E-state index contributed by atoms with van der Waals surface area (Å²) in [5, 5.41) is 11.5. The lowest BCUT2D eigenvalue weighted by atomic mass is 10.2. The molecular weight excluding hydrogens is 290 g/mol. The molecule has 0 aliphatic heterocycles. The molecule has 4 rings (SSSR count). The molecule has 2 aromatic carbocycles. The predicted molar refractivity (Wildman–Crippen MR) is 89.2 cm³/mol. The van der Waals surface area contributed by atoms with Gasteiger partial charge in [0.1, 0.15) is 12.1 Å². The summed E-state index contributed by atoms with van der Waals surface area (Å²) in [7, 11) is 0. The average Bonchev–Trinajstić information content (AvgIpc) is 3.07. The maximum Gasteiger partial charge on any atom is 0.204 e. The Morgan fingerprint density at radius 2 is 1.91 bits per heavy atom. The normalized spacial score (nSPS) is 11.0. The third-order valence-corrected chi connectivity index (χ3v) is 3.57. The molecule has 0 fully saturated rings. The number of hydrogen-bond donors (Lipinski definition) is 1. The lowest BCUT2D eigenvalue weighted by molar-refractivity contribution is 0.342. The number of para-hydroxylation sites is 4. The number of ether oxygens (including phenoxy) is 1. The van der Waals surface area contributed by atoms with E-state index < -0.39 is 0 Å². The van der Waals surface area contributed by atoms with E-state index in [0.29, 0.717) is 18.1 Å². The Kier molecular flexibility index (Phi) is 3.27. The molecule has 114 valence electrons. The van der Waals surface area contributed by atoms with Crippen molar-refractivity contribution in [3.05, 3.63) is 54.9 Å². The third kappa shape index (κ3) is 2.34. The summed E-state index contributed by atoms with van der Waals surface area (Å²) in [6.07, 6.45) is 1.69. The number of hydrogen-bond acceptors (Lipinski definition) is 5. The molecule has 0 atom stereocenters. The molecule has 6 nitrogen and oxygen atoms in total. The average molecular weight is 305 g/mol. The van der Waals surface area contributed by atoms with Gasteiger partial charge in [0.15, 0.2) is 5.82 Å². The first-order chi connectivity index (χ1) is 11.4. The van der Waals surface area contributed by atoms with E-state index in [1.807, 2.05) is 59.9 Å². The van der Waals surface area contributed by atoms with Crippen molar-refractivity contribution in [1.29, 1.82) is 0 Å². The van der Waals surface area contributed by atoms with Crippen molar-refractivity contribution in [1.82, 2.24) is 19.6 Å². The minimum Gasteiger partial charge on any atom is -0.492 e. The summed E-state index contributed by atoms with van der Waals surface area (Å²) in [5.41, 5.74) is 3.37. The number of anilines is 2. The van der Waals surface area contributed by atoms with E-state index in [1.165, 1.54) is 0 Å². The van der Waals surface area contributed by atoms with Gasteiger partial charge in [-0.3, -0.25) is 4.40 Å². The van der Waals surface area contributed by atoms with Crippen LogP contribution in [0, 0.1) is 0 Å². The molecule has 0 aliphatic carbocycles. The first-order valence-corrected chi connectivity index (χ1v) is 7.44. The quantitative estimate of drug-likeness (QED) is 0.626. The highest BCUT2D eigenvalue weighted by molar-refractivity contribution is 5.84. The predicted octanol–water partition coefficient (Wildman–Crippen LogP) is 3.42. The third-order valence-electron chi connectivity index (χ3n) is 3.57. The van der Waals surface area contributed by atoms with Gasteiger partial charge < -0.3 is 10.1 Å². The minimum atomic E-state index is 0.601. The van der Waals surface area contributed by atoms with Crippen LogP contribution in [0.5, 0.6) is 5.75 Å². The topological polar surface area (TPSA) is 64.3 Å². The van der Waals surface area contributed by atoms with Gasteiger partial charge in [-0.15, -0.1) is 10.2 Å². The number of nitrogens with one attached hydrogen (secondary N) is 1. The lowest BCUT2D eigenvalue weighted by Crippen LogP contribution is -2.02. The van der Waals surface area contributed by atoms with Crippen LogP contribution >= 0.6 is 0 Å². The standard InChI is InChI=1S/C17H15N5O/c1-2-23-15-10-6-4-8-13(15)20-16-17-21-18-11-22(17)14-9-5-3-7-12(14)19-16/h3-11H,2H2,1H3,(H,19,20). The first-order valence-electron chi connectivity index (χ1n) is 7.44. The second-order valence-corrected chi connectivity index (χ2v) is 5.03. The van der Waals surface area contributed by atoms with Gasteiger partial charge in [0, 0.05) is 0 Å². The molecule has 23 heavy (non-hydrogen) atoms. The molecule has 2 aromatic heterocycles. The van der Waals surface area contributed by atoms with Crippen LogP contribution in [0.2, 0.25) is 0 Å². The fourth-order valence-corrected chi connectivity index (χ4v) is 2.57. The van der Waals surface area contributed by atoms with Crippen LogP contribution in [0.15, 0.2) is 54.9 Å². The van der Waals surface area contributed by atoms with Gasteiger partial charge in [-0.2, -0.15) is 0 Å². The maximum atomic E-state index is 5.66. The van der Waals surface area contributed by atoms with E-state index in [0.717, 1.165) is 22.5 Å². The van der Waals surface area contributed by atoms with Crippen LogP contribution in [0.3, 0.4) is 0 Å². The van der Waals surface area contributed by atoms with Gasteiger partial charge >= 0.3 is 0 Å². The number of nitrogens with zero attached hydrogens (tertiary/aromatic N) is 4. The van der Waals surface area contributed by atoms with Crippen molar-refractivity contribution < 1.29 is 4.74 Å². The molecule has 4 aromatic rings. The highest BCUT2D eigenvalue weighted by atomic mass is 16.5. The Balaban J connectivity index is 1.87. The molecule has 0 saturated carbocycles. The highest BCUT2D eigenvalue weighted by Crippen LogP contribution is 2.29. The van der Waals surface area contributed by atoms with Gasteiger partial charge in [0.25, 0.3) is 0 Å². The van der Waals surface area contributed by atoms with Crippen molar-refractivity contribution in [2.24, 2.45) is 0 Å². The van der Waals surface area contributed by atoms with Crippen molar-refractivity contribution in [2.75, 3.05) is 11.9 Å². The van der Waals surface area contributed by atoms with E-state index in [9.17, 15) is 0 Å². The highest BCUT2D eigenvalue weighted by Gasteiger charge is 2.12. The number of fused-ring (bicyclic) bond motifs is 3. The van der Waals surface area contributed by atoms with Crippen LogP contribution < -0.4 is 10.1 Å². The zero-order valence-electron chi connectivity index (χ0n) is 12.6. The van der Waals surface area contributed by atoms with E-state index >= 15 is 0 Å². The summed E-state index contributed by atoms with van der Waals surface area (Å²) in [5.74, 6) is 1.43. The fraction of sp³-hybridized carbons (Fsp3) is 0.118. The number of aromatic nitrogens is 4. The molecule has 0 aliphatic rings. The Bertz CT molecular complexity index is 979. The zero-order chi connectivity index (χ0) is 15.6. The Hall–Kier alpha value is -3.15.